The molecule has 0 N–H and O–H groups in total. The second kappa shape index (κ2) is 8.09. The molecule has 0 amide bonds. The molecule has 1 nitrogen and oxygen atoms in total. The maximum absolute atomic E-state index is 14.7. The van der Waals surface area contributed by atoms with Gasteiger partial charge in [-0.1, -0.05) is 50.3 Å². The minimum Gasteiger partial charge on any atom is -0.373 e. The molecule has 0 aliphatic carbocycles. The van der Waals surface area contributed by atoms with Crippen molar-refractivity contribution >= 4 is 6.08 Å². The lowest BCUT2D eigenvalue weighted by Crippen LogP contribution is -2.21. The van der Waals surface area contributed by atoms with E-state index in [0.29, 0.717) is 30.1 Å². The van der Waals surface area contributed by atoms with Crippen LogP contribution in [-0.4, -0.2) is 6.61 Å². The molecule has 0 radical (unpaired) electrons. The molecule has 0 aromatic heterocycles. The third-order valence-electron chi connectivity index (χ3n) is 5.06. The van der Waals surface area contributed by atoms with Crippen LogP contribution in [0.2, 0.25) is 0 Å². The second-order valence-electron chi connectivity index (χ2n) is 6.82. The lowest BCUT2D eigenvalue weighted by molar-refractivity contribution is -0.0214. The van der Waals surface area contributed by atoms with Crippen molar-refractivity contribution < 1.29 is 17.9 Å². The Hall–Kier alpha value is -2.07. The Balaban J connectivity index is 1.85. The van der Waals surface area contributed by atoms with Gasteiger partial charge in [-0.05, 0) is 36.8 Å². The van der Waals surface area contributed by atoms with Gasteiger partial charge in [0.25, 0.3) is 0 Å². The van der Waals surface area contributed by atoms with Crippen molar-refractivity contribution in [2.75, 3.05) is 6.61 Å². The Labute approximate surface area is 152 Å². The van der Waals surface area contributed by atoms with E-state index >= 15 is 0 Å². The number of benzene rings is 2. The molecule has 2 unspecified atom stereocenters. The molecule has 1 heterocycles. The maximum atomic E-state index is 14.7. The molecule has 4 heteroatoms. The van der Waals surface area contributed by atoms with E-state index in [1.807, 2.05) is 0 Å². The summed E-state index contributed by atoms with van der Waals surface area (Å²) in [6.45, 7) is 6.23. The molecule has 138 valence electrons. The van der Waals surface area contributed by atoms with E-state index in [1.165, 1.54) is 24.3 Å². The highest BCUT2D eigenvalue weighted by molar-refractivity contribution is 5.67. The van der Waals surface area contributed by atoms with Crippen LogP contribution in [0.1, 0.15) is 49.8 Å². The summed E-state index contributed by atoms with van der Waals surface area (Å²) in [4.78, 5) is 0. The Morgan fingerprint density at radius 1 is 1.12 bits per heavy atom. The molecular formula is C22H23F3O. The predicted octanol–water partition coefficient (Wildman–Crippen LogP) is 6.68. The monoisotopic (exact) mass is 360 g/mol. The Morgan fingerprint density at radius 3 is 2.54 bits per heavy atom. The van der Waals surface area contributed by atoms with E-state index in [1.54, 1.807) is 12.1 Å². The molecule has 2 aromatic carbocycles. The zero-order valence-corrected chi connectivity index (χ0v) is 14.9. The van der Waals surface area contributed by atoms with E-state index in [9.17, 15) is 13.2 Å². The fourth-order valence-corrected chi connectivity index (χ4v) is 3.58. The van der Waals surface area contributed by atoms with Gasteiger partial charge in [0.1, 0.15) is 5.82 Å². The van der Waals surface area contributed by atoms with E-state index in [0.717, 1.165) is 19.3 Å². The molecular weight excluding hydrogens is 337 g/mol. The van der Waals surface area contributed by atoms with Crippen molar-refractivity contribution in [3.05, 3.63) is 65.5 Å². The predicted molar refractivity (Wildman–Crippen MR) is 98.2 cm³/mol. The Kier molecular flexibility index (Phi) is 5.82. The highest BCUT2D eigenvalue weighted by Gasteiger charge is 2.27. The fraction of sp³-hybridized carbons (Fsp3) is 0.364. The quantitative estimate of drug-likeness (QED) is 0.578. The topological polar surface area (TPSA) is 9.23 Å². The van der Waals surface area contributed by atoms with Crippen molar-refractivity contribution in [2.24, 2.45) is 5.92 Å². The summed E-state index contributed by atoms with van der Waals surface area (Å²) in [5.74, 6) is -1.89. The lowest BCUT2D eigenvalue weighted by atomic mass is 9.91. The van der Waals surface area contributed by atoms with E-state index in [-0.39, 0.29) is 11.1 Å². The van der Waals surface area contributed by atoms with Crippen molar-refractivity contribution in [3.8, 4) is 11.1 Å². The van der Waals surface area contributed by atoms with Gasteiger partial charge < -0.3 is 4.74 Å². The van der Waals surface area contributed by atoms with Gasteiger partial charge in [0.15, 0.2) is 11.6 Å². The first-order valence-corrected chi connectivity index (χ1v) is 9.07. The number of ether oxygens (including phenoxy) is 1. The van der Waals surface area contributed by atoms with Gasteiger partial charge >= 0.3 is 0 Å². The minimum atomic E-state index is -0.965. The zero-order chi connectivity index (χ0) is 18.7. The first-order chi connectivity index (χ1) is 12.5. The van der Waals surface area contributed by atoms with Crippen LogP contribution in [0.3, 0.4) is 0 Å². The van der Waals surface area contributed by atoms with Gasteiger partial charge in [-0.15, -0.1) is 0 Å². The molecule has 2 aromatic rings. The molecule has 1 aliphatic rings. The normalized spacial score (nSPS) is 20.2. The average molecular weight is 360 g/mol. The van der Waals surface area contributed by atoms with Gasteiger partial charge in [0.05, 0.1) is 12.7 Å². The summed E-state index contributed by atoms with van der Waals surface area (Å²) in [5.41, 5.74) is 0.900. The van der Waals surface area contributed by atoms with Crippen LogP contribution in [0.5, 0.6) is 0 Å². The van der Waals surface area contributed by atoms with Crippen LogP contribution < -0.4 is 0 Å². The second-order valence-corrected chi connectivity index (χ2v) is 6.82. The Bertz CT molecular complexity index is 792. The first-order valence-electron chi connectivity index (χ1n) is 9.07. The first kappa shape index (κ1) is 18.7. The molecule has 0 bridgehead atoms. The highest BCUT2D eigenvalue weighted by atomic mass is 19.2. The molecule has 1 saturated heterocycles. The van der Waals surface area contributed by atoms with Crippen molar-refractivity contribution in [2.45, 2.75) is 38.7 Å². The molecule has 3 rings (SSSR count). The van der Waals surface area contributed by atoms with Crippen molar-refractivity contribution in [3.63, 3.8) is 0 Å². The molecule has 0 spiro atoms. The van der Waals surface area contributed by atoms with Crippen molar-refractivity contribution in [1.82, 2.24) is 0 Å². The van der Waals surface area contributed by atoms with Crippen LogP contribution in [0.4, 0.5) is 13.2 Å². The number of halogens is 3. The largest absolute Gasteiger partial charge is 0.373 e. The summed E-state index contributed by atoms with van der Waals surface area (Å²) < 4.78 is 49.0. The van der Waals surface area contributed by atoms with E-state index in [4.69, 9.17) is 4.74 Å². The number of rotatable bonds is 5. The van der Waals surface area contributed by atoms with Gasteiger partial charge in [-0.3, -0.25) is 0 Å². The van der Waals surface area contributed by atoms with E-state index in [2.05, 4.69) is 13.5 Å². The molecule has 26 heavy (non-hydrogen) atoms. The third kappa shape index (κ3) is 3.70. The van der Waals surface area contributed by atoms with Crippen LogP contribution >= 0.6 is 0 Å². The van der Waals surface area contributed by atoms with Gasteiger partial charge in [-0.25, -0.2) is 13.2 Å². The van der Waals surface area contributed by atoms with Crippen LogP contribution in [-0.2, 0) is 4.74 Å². The maximum Gasteiger partial charge on any atom is 0.167 e. The molecule has 0 saturated carbocycles. The van der Waals surface area contributed by atoms with Crippen LogP contribution in [0.25, 0.3) is 17.2 Å². The number of hydrogen-bond acceptors (Lipinski definition) is 1. The summed E-state index contributed by atoms with van der Waals surface area (Å²) in [6, 6.07) is 7.31. The summed E-state index contributed by atoms with van der Waals surface area (Å²) in [6.07, 6.45) is 4.78. The average Bonchev–Trinajstić information content (AvgIpc) is 2.65. The van der Waals surface area contributed by atoms with Crippen LogP contribution in [0.15, 0.2) is 36.9 Å². The standard InChI is InChI=1S/C22H23F3O/c1-3-5-14-6-11-20(26-13-14)18-10-9-17(21(24)22(18)25)16-8-7-15(4-2)19(23)12-16/h4,7-10,12,14,20H,2-3,5-6,11,13H2,1H3. The fourth-order valence-electron chi connectivity index (χ4n) is 3.58. The summed E-state index contributed by atoms with van der Waals surface area (Å²) in [5, 5.41) is 0. The molecule has 2 atom stereocenters. The lowest BCUT2D eigenvalue weighted by Gasteiger charge is -2.29. The highest BCUT2D eigenvalue weighted by Crippen LogP contribution is 2.36. The minimum absolute atomic E-state index is 0.0421. The smallest absolute Gasteiger partial charge is 0.167 e. The summed E-state index contributed by atoms with van der Waals surface area (Å²) >= 11 is 0. The zero-order valence-electron chi connectivity index (χ0n) is 14.9. The third-order valence-corrected chi connectivity index (χ3v) is 5.06. The number of hydrogen-bond donors (Lipinski definition) is 0. The van der Waals surface area contributed by atoms with Gasteiger partial charge in [0, 0.05) is 16.7 Å². The summed E-state index contributed by atoms with van der Waals surface area (Å²) in [7, 11) is 0. The molecule has 1 fully saturated rings. The molecule has 1 aliphatic heterocycles. The van der Waals surface area contributed by atoms with Gasteiger partial charge in [0.2, 0.25) is 0 Å². The van der Waals surface area contributed by atoms with E-state index < -0.39 is 23.6 Å². The SMILES string of the molecule is C=Cc1ccc(-c2ccc(C3CCC(CCC)CO3)c(F)c2F)cc1F. The Morgan fingerprint density at radius 2 is 1.92 bits per heavy atom. The van der Waals surface area contributed by atoms with Gasteiger partial charge in [-0.2, -0.15) is 0 Å². The van der Waals surface area contributed by atoms with Crippen molar-refractivity contribution in [1.29, 1.82) is 0 Å². The van der Waals surface area contributed by atoms with Crippen LogP contribution in [0, 0.1) is 23.4 Å².